The van der Waals surface area contributed by atoms with Gasteiger partial charge in [-0.1, -0.05) is 38.3 Å². The van der Waals surface area contributed by atoms with Crippen molar-refractivity contribution in [3.8, 4) is 0 Å². The zero-order chi connectivity index (χ0) is 15.2. The smallest absolute Gasteiger partial charge is 0.00888 e. The number of hydrogen-bond acceptors (Lipinski definition) is 0. The molecule has 0 spiro atoms. The van der Waals surface area contributed by atoms with E-state index in [2.05, 4.69) is 43.7 Å². The largest absolute Gasteiger partial charge is 0.103 e. The van der Waals surface area contributed by atoms with Crippen molar-refractivity contribution in [1.29, 1.82) is 0 Å². The van der Waals surface area contributed by atoms with Crippen molar-refractivity contribution < 1.29 is 0 Å². The first-order valence-electron chi connectivity index (χ1n) is 9.12. The molecule has 1 aromatic carbocycles. The first kappa shape index (κ1) is 15.6. The highest BCUT2D eigenvalue weighted by Crippen LogP contribution is 2.67. The predicted molar refractivity (Wildman–Crippen MR) is 102 cm³/mol. The molecule has 4 saturated carbocycles. The van der Waals surface area contributed by atoms with Crippen LogP contribution in [0.25, 0.3) is 0 Å². The SMILES string of the molecule is CP(CCP(C)C12CC3CC(CC(C3)C1)C2)c1ccccc1. The Kier molecular flexibility index (Phi) is 4.38. The molecule has 0 N–H and O–H groups in total. The molecule has 22 heavy (non-hydrogen) atoms. The van der Waals surface area contributed by atoms with Crippen molar-refractivity contribution in [2.45, 2.75) is 43.7 Å². The van der Waals surface area contributed by atoms with E-state index in [0.29, 0.717) is 0 Å². The van der Waals surface area contributed by atoms with Crippen LogP contribution in [0.4, 0.5) is 0 Å². The highest BCUT2D eigenvalue weighted by Gasteiger charge is 2.52. The van der Waals surface area contributed by atoms with Gasteiger partial charge < -0.3 is 0 Å². The molecule has 0 aromatic heterocycles. The second-order valence-corrected chi connectivity index (χ2v) is 13.5. The number of benzene rings is 1. The van der Waals surface area contributed by atoms with E-state index < -0.39 is 0 Å². The molecule has 4 fully saturated rings. The molecule has 0 saturated heterocycles. The molecule has 4 aliphatic rings. The summed E-state index contributed by atoms with van der Waals surface area (Å²) in [6.07, 6.45) is 12.6. The van der Waals surface area contributed by atoms with E-state index >= 15 is 0 Å². The molecule has 120 valence electrons. The Morgan fingerprint density at radius 2 is 1.41 bits per heavy atom. The average Bonchev–Trinajstić information content (AvgIpc) is 2.51. The number of rotatable bonds is 5. The topological polar surface area (TPSA) is 0 Å². The third-order valence-corrected chi connectivity index (χ3v) is 12.3. The van der Waals surface area contributed by atoms with E-state index in [0.717, 1.165) is 22.9 Å². The maximum Gasteiger partial charge on any atom is -0.00888 e. The first-order valence-corrected chi connectivity index (χ1v) is 13.1. The minimum atomic E-state index is 0.0667. The van der Waals surface area contributed by atoms with Crippen LogP contribution < -0.4 is 5.30 Å². The molecule has 4 bridgehead atoms. The highest BCUT2D eigenvalue weighted by atomic mass is 31.1. The summed E-state index contributed by atoms with van der Waals surface area (Å²) in [5.74, 6) is 3.36. The summed E-state index contributed by atoms with van der Waals surface area (Å²) in [7, 11) is 0.305. The monoisotopic (exact) mass is 332 g/mol. The van der Waals surface area contributed by atoms with E-state index in [1.807, 2.05) is 0 Å². The van der Waals surface area contributed by atoms with Crippen LogP contribution >= 0.6 is 15.8 Å². The van der Waals surface area contributed by atoms with E-state index in [1.165, 1.54) is 12.3 Å². The third-order valence-electron chi connectivity index (χ3n) is 6.78. The summed E-state index contributed by atoms with van der Waals surface area (Å²) in [6, 6.07) is 11.3. The molecular weight excluding hydrogens is 302 g/mol. The lowest BCUT2D eigenvalue weighted by Crippen LogP contribution is -2.49. The molecule has 0 radical (unpaired) electrons. The molecule has 2 heteroatoms. The molecule has 2 atom stereocenters. The molecule has 4 aliphatic carbocycles. The van der Waals surface area contributed by atoms with Gasteiger partial charge in [0.05, 0.1) is 0 Å². The minimum Gasteiger partial charge on any atom is -0.103 e. The standard InChI is InChI=1S/C20H30P2/c1-21(19-6-4-3-5-7-19)8-9-22(2)20-13-16-10-17(14-20)12-18(11-16)15-20/h3-7,16-18H,8-15H2,1-2H3. The normalized spacial score (nSPS) is 38.9. The summed E-state index contributed by atoms with van der Waals surface area (Å²) in [6.45, 7) is 5.16. The van der Waals surface area contributed by atoms with Gasteiger partial charge in [-0.3, -0.25) is 0 Å². The van der Waals surface area contributed by atoms with Crippen LogP contribution in [0.1, 0.15) is 38.5 Å². The van der Waals surface area contributed by atoms with Crippen molar-refractivity contribution in [2.24, 2.45) is 17.8 Å². The van der Waals surface area contributed by atoms with Crippen LogP contribution in [0.3, 0.4) is 0 Å². The van der Waals surface area contributed by atoms with Crippen molar-refractivity contribution in [3.05, 3.63) is 30.3 Å². The fourth-order valence-electron chi connectivity index (χ4n) is 5.88. The van der Waals surface area contributed by atoms with Crippen LogP contribution in [0.5, 0.6) is 0 Å². The lowest BCUT2D eigenvalue weighted by atomic mass is 9.56. The lowest BCUT2D eigenvalue weighted by Gasteiger charge is -2.59. The second-order valence-electron chi connectivity index (χ2n) is 8.32. The number of hydrogen-bond donors (Lipinski definition) is 0. The molecule has 0 amide bonds. The zero-order valence-electron chi connectivity index (χ0n) is 14.2. The Morgan fingerprint density at radius 3 is 1.95 bits per heavy atom. The van der Waals surface area contributed by atoms with Gasteiger partial charge in [0.1, 0.15) is 0 Å². The molecule has 0 aliphatic heterocycles. The van der Waals surface area contributed by atoms with Gasteiger partial charge in [0.25, 0.3) is 0 Å². The van der Waals surface area contributed by atoms with Gasteiger partial charge in [-0.05, 0) is 92.4 Å². The van der Waals surface area contributed by atoms with Gasteiger partial charge >= 0.3 is 0 Å². The van der Waals surface area contributed by atoms with Gasteiger partial charge in [-0.2, -0.15) is 0 Å². The van der Waals surface area contributed by atoms with Gasteiger partial charge in [-0.15, -0.1) is 7.92 Å². The van der Waals surface area contributed by atoms with Crippen molar-refractivity contribution >= 4 is 21.1 Å². The molecule has 2 unspecified atom stereocenters. The molecule has 0 heterocycles. The van der Waals surface area contributed by atoms with Crippen LogP contribution in [-0.2, 0) is 0 Å². The Morgan fingerprint density at radius 1 is 0.864 bits per heavy atom. The summed E-state index contributed by atoms with van der Waals surface area (Å²) in [5.41, 5.74) is 0. The average molecular weight is 332 g/mol. The molecule has 1 aromatic rings. The van der Waals surface area contributed by atoms with E-state index in [1.54, 1.807) is 43.8 Å². The van der Waals surface area contributed by atoms with Crippen LogP contribution in [-0.4, -0.2) is 30.8 Å². The second kappa shape index (κ2) is 6.18. The summed E-state index contributed by atoms with van der Waals surface area (Å²) in [5, 5.41) is 2.42. The fraction of sp³-hybridized carbons (Fsp3) is 0.700. The van der Waals surface area contributed by atoms with Gasteiger partial charge in [0, 0.05) is 0 Å². The summed E-state index contributed by atoms with van der Waals surface area (Å²) in [4.78, 5) is 0. The van der Waals surface area contributed by atoms with Crippen LogP contribution in [0, 0.1) is 17.8 Å². The first-order chi connectivity index (χ1) is 10.6. The Hall–Kier alpha value is 0.0800. The maximum absolute atomic E-state index is 2.66. The van der Waals surface area contributed by atoms with E-state index in [-0.39, 0.29) is 15.8 Å². The van der Waals surface area contributed by atoms with Gasteiger partial charge in [-0.25, -0.2) is 0 Å². The Labute approximate surface area is 139 Å². The quantitative estimate of drug-likeness (QED) is 0.624. The van der Waals surface area contributed by atoms with E-state index in [4.69, 9.17) is 0 Å². The van der Waals surface area contributed by atoms with Gasteiger partial charge in [0.2, 0.25) is 0 Å². The molecular formula is C20H30P2. The summed E-state index contributed by atoms with van der Waals surface area (Å²) < 4.78 is 0. The third kappa shape index (κ3) is 2.91. The lowest BCUT2D eigenvalue weighted by molar-refractivity contribution is 0.0357. The van der Waals surface area contributed by atoms with Crippen LogP contribution in [0.15, 0.2) is 30.3 Å². The minimum absolute atomic E-state index is 0.0667. The zero-order valence-corrected chi connectivity index (χ0v) is 16.0. The van der Waals surface area contributed by atoms with Crippen molar-refractivity contribution in [1.82, 2.24) is 0 Å². The predicted octanol–water partition coefficient (Wildman–Crippen LogP) is 5.50. The Balaban J connectivity index is 1.39. The highest BCUT2D eigenvalue weighted by molar-refractivity contribution is 7.66. The Bertz CT molecular complexity index is 474. The molecule has 5 rings (SSSR count). The maximum atomic E-state index is 2.66. The summed E-state index contributed by atoms with van der Waals surface area (Å²) >= 11 is 0. The fourth-order valence-corrected chi connectivity index (χ4v) is 11.4. The molecule has 0 nitrogen and oxygen atoms in total. The van der Waals surface area contributed by atoms with Crippen molar-refractivity contribution in [3.63, 3.8) is 0 Å². The van der Waals surface area contributed by atoms with Crippen molar-refractivity contribution in [2.75, 3.05) is 25.7 Å². The van der Waals surface area contributed by atoms with Crippen LogP contribution in [0.2, 0.25) is 0 Å². The van der Waals surface area contributed by atoms with E-state index in [9.17, 15) is 0 Å². The van der Waals surface area contributed by atoms with Gasteiger partial charge in [0.15, 0.2) is 0 Å².